The lowest BCUT2D eigenvalue weighted by molar-refractivity contribution is -0.232. The molecule has 0 bridgehead atoms. The number of aliphatic hydroxyl groups excluding tert-OH is 1. The number of hydrogen-bond acceptors (Lipinski definition) is 1. The van der Waals surface area contributed by atoms with E-state index in [1.807, 2.05) is 0 Å². The minimum absolute atomic E-state index is 2.49. The van der Waals surface area contributed by atoms with Gasteiger partial charge in [-0.05, 0) is 0 Å². The van der Waals surface area contributed by atoms with Crippen molar-refractivity contribution in [3.05, 3.63) is 22.7 Å². The first-order valence-electron chi connectivity index (χ1n) is 4.17. The average Bonchev–Trinajstić information content (AvgIpc) is 2.22. The lowest BCUT2D eigenvalue weighted by Crippen LogP contribution is -2.61. The topological polar surface area (TPSA) is 20.2 Å². The Hall–Kier alpha value is -1.35. The van der Waals surface area contributed by atoms with Gasteiger partial charge >= 0.3 is 23.7 Å². The highest BCUT2D eigenvalue weighted by molar-refractivity contribution is 5.61. The fourth-order valence-electron chi connectivity index (χ4n) is 1.62. The smallest absolute Gasteiger partial charge is 0.370 e. The van der Waals surface area contributed by atoms with E-state index in [1.54, 1.807) is 0 Å². The van der Waals surface area contributed by atoms with E-state index in [9.17, 15) is 39.5 Å². The van der Waals surface area contributed by atoms with Crippen LogP contribution < -0.4 is 0 Å². The Bertz CT molecular complexity index is 453. The molecule has 0 aliphatic heterocycles. The molecule has 0 heterocycles. The third kappa shape index (κ3) is 0.985. The summed E-state index contributed by atoms with van der Waals surface area (Å²) < 4.78 is 113. The third-order valence-corrected chi connectivity index (χ3v) is 2.70. The quantitative estimate of drug-likeness (QED) is 0.729. The number of halogens is 9. The Labute approximate surface area is 92.2 Å². The lowest BCUT2D eigenvalue weighted by atomic mass is 9.72. The molecule has 102 valence electrons. The van der Waals surface area contributed by atoms with Gasteiger partial charge in [0, 0.05) is 0 Å². The molecule has 0 aromatic carbocycles. The standard InChI is InChI=1S/C8HF9O/c9-3-1(5(10,11)7(3,14)15)2-4(18)8(16,17)6(2,12)13/h18H. The second-order valence-electron chi connectivity index (χ2n) is 3.71. The fourth-order valence-corrected chi connectivity index (χ4v) is 1.62. The number of rotatable bonds is 1. The maximum absolute atomic E-state index is 12.7. The zero-order chi connectivity index (χ0) is 14.3. The maximum Gasteiger partial charge on any atom is 0.370 e. The Kier molecular flexibility index (Phi) is 2.03. The van der Waals surface area contributed by atoms with Crippen molar-refractivity contribution in [2.24, 2.45) is 0 Å². The van der Waals surface area contributed by atoms with Crippen LogP contribution in [0.4, 0.5) is 39.5 Å². The minimum Gasteiger partial charge on any atom is -0.506 e. The largest absolute Gasteiger partial charge is 0.506 e. The highest BCUT2D eigenvalue weighted by Crippen LogP contribution is 2.66. The molecule has 1 nitrogen and oxygen atoms in total. The van der Waals surface area contributed by atoms with E-state index in [1.165, 1.54) is 0 Å². The SMILES string of the molecule is OC1=C(C2=C(F)C(F)(F)C2(F)F)C(F)(F)C1(F)F. The predicted octanol–water partition coefficient (Wildman–Crippen LogP) is 3.59. The van der Waals surface area contributed by atoms with Crippen molar-refractivity contribution < 1.29 is 44.6 Å². The van der Waals surface area contributed by atoms with Crippen molar-refractivity contribution in [2.45, 2.75) is 23.7 Å². The molecule has 0 fully saturated rings. The van der Waals surface area contributed by atoms with Gasteiger partial charge in [0.25, 0.3) is 0 Å². The molecular formula is C8HF9O. The minimum atomic E-state index is -5.37. The van der Waals surface area contributed by atoms with Gasteiger partial charge in [0.05, 0.1) is 11.1 Å². The molecule has 0 unspecified atom stereocenters. The van der Waals surface area contributed by atoms with E-state index in [4.69, 9.17) is 5.11 Å². The molecule has 0 aromatic heterocycles. The van der Waals surface area contributed by atoms with Crippen LogP contribution in [0.3, 0.4) is 0 Å². The van der Waals surface area contributed by atoms with Gasteiger partial charge in [-0.1, -0.05) is 0 Å². The van der Waals surface area contributed by atoms with Crippen LogP contribution in [-0.2, 0) is 0 Å². The molecule has 2 rings (SSSR count). The molecule has 18 heavy (non-hydrogen) atoms. The molecule has 2 aliphatic carbocycles. The Balaban J connectivity index is 2.63. The Morgan fingerprint density at radius 3 is 1.33 bits per heavy atom. The summed E-state index contributed by atoms with van der Waals surface area (Å²) in [6.45, 7) is 0. The second kappa shape index (κ2) is 2.80. The van der Waals surface area contributed by atoms with Gasteiger partial charge < -0.3 is 5.11 Å². The van der Waals surface area contributed by atoms with E-state index in [-0.39, 0.29) is 0 Å². The summed E-state index contributed by atoms with van der Waals surface area (Å²) in [4.78, 5) is 0. The molecule has 0 amide bonds. The molecule has 0 saturated carbocycles. The molecular weight excluding hydrogens is 283 g/mol. The van der Waals surface area contributed by atoms with Crippen LogP contribution >= 0.6 is 0 Å². The summed E-state index contributed by atoms with van der Waals surface area (Å²) >= 11 is 0. The summed E-state index contributed by atoms with van der Waals surface area (Å²) in [6.07, 6.45) is 0. The van der Waals surface area contributed by atoms with E-state index in [2.05, 4.69) is 0 Å². The molecule has 0 aromatic rings. The summed E-state index contributed by atoms with van der Waals surface area (Å²) in [5.41, 5.74) is -5.07. The number of hydrogen-bond donors (Lipinski definition) is 1. The second-order valence-corrected chi connectivity index (χ2v) is 3.71. The summed E-state index contributed by atoms with van der Waals surface area (Å²) in [5, 5.41) is 8.50. The molecule has 0 spiro atoms. The fraction of sp³-hybridized carbons (Fsp3) is 0.500. The monoisotopic (exact) mass is 284 g/mol. The van der Waals surface area contributed by atoms with E-state index in [0.717, 1.165) is 0 Å². The highest BCUT2D eigenvalue weighted by atomic mass is 19.3. The van der Waals surface area contributed by atoms with E-state index in [0.29, 0.717) is 0 Å². The van der Waals surface area contributed by atoms with E-state index >= 15 is 0 Å². The average molecular weight is 284 g/mol. The summed E-state index contributed by atoms with van der Waals surface area (Å²) in [5.74, 6) is -26.7. The van der Waals surface area contributed by atoms with Crippen LogP contribution in [-0.4, -0.2) is 28.8 Å². The van der Waals surface area contributed by atoms with Gasteiger partial charge in [-0.2, -0.15) is 35.1 Å². The van der Waals surface area contributed by atoms with Crippen molar-refractivity contribution >= 4 is 0 Å². The molecule has 10 heteroatoms. The number of aliphatic hydroxyl groups is 1. The molecule has 0 saturated heterocycles. The van der Waals surface area contributed by atoms with Gasteiger partial charge in [0.2, 0.25) is 0 Å². The van der Waals surface area contributed by atoms with Crippen LogP contribution in [0.2, 0.25) is 0 Å². The lowest BCUT2D eigenvalue weighted by Gasteiger charge is -2.45. The summed E-state index contributed by atoms with van der Waals surface area (Å²) in [6, 6.07) is 0. The maximum atomic E-state index is 12.7. The van der Waals surface area contributed by atoms with Gasteiger partial charge in [-0.3, -0.25) is 0 Å². The van der Waals surface area contributed by atoms with Crippen LogP contribution in [0.15, 0.2) is 22.7 Å². The van der Waals surface area contributed by atoms with Gasteiger partial charge in [-0.15, -0.1) is 0 Å². The normalized spacial score (nSPS) is 30.9. The van der Waals surface area contributed by atoms with Crippen molar-refractivity contribution in [2.75, 3.05) is 0 Å². The first kappa shape index (κ1) is 13.1. The first-order chi connectivity index (χ1) is 7.81. The Morgan fingerprint density at radius 1 is 0.611 bits per heavy atom. The van der Waals surface area contributed by atoms with Crippen LogP contribution in [0.5, 0.6) is 0 Å². The highest BCUT2D eigenvalue weighted by Gasteiger charge is 2.82. The van der Waals surface area contributed by atoms with Crippen LogP contribution in [0.1, 0.15) is 0 Å². The molecule has 0 atom stereocenters. The van der Waals surface area contributed by atoms with Crippen LogP contribution in [0, 0.1) is 0 Å². The number of alkyl halides is 8. The van der Waals surface area contributed by atoms with Crippen molar-refractivity contribution in [3.63, 3.8) is 0 Å². The Morgan fingerprint density at radius 2 is 1.00 bits per heavy atom. The zero-order valence-electron chi connectivity index (χ0n) is 7.85. The van der Waals surface area contributed by atoms with Gasteiger partial charge in [0.1, 0.15) is 0 Å². The third-order valence-electron chi connectivity index (χ3n) is 2.70. The zero-order valence-corrected chi connectivity index (χ0v) is 7.85. The molecule has 0 radical (unpaired) electrons. The van der Waals surface area contributed by atoms with E-state index < -0.39 is 46.4 Å². The predicted molar refractivity (Wildman–Crippen MR) is 37.6 cm³/mol. The van der Waals surface area contributed by atoms with Gasteiger partial charge in [-0.25, -0.2) is 4.39 Å². The number of allylic oxidation sites excluding steroid dienone is 4. The summed E-state index contributed by atoms with van der Waals surface area (Å²) in [7, 11) is 0. The molecule has 1 N–H and O–H groups in total. The first-order valence-corrected chi connectivity index (χ1v) is 4.17. The van der Waals surface area contributed by atoms with Crippen LogP contribution in [0.25, 0.3) is 0 Å². The molecule has 2 aliphatic rings. The van der Waals surface area contributed by atoms with Crippen molar-refractivity contribution in [1.29, 1.82) is 0 Å². The van der Waals surface area contributed by atoms with Crippen molar-refractivity contribution in [3.8, 4) is 0 Å². The van der Waals surface area contributed by atoms with Gasteiger partial charge in [0.15, 0.2) is 11.6 Å². The van der Waals surface area contributed by atoms with Crippen molar-refractivity contribution in [1.82, 2.24) is 0 Å².